The molecule has 0 unspecified atom stereocenters. The Morgan fingerprint density at radius 2 is 1.81 bits per heavy atom. The van der Waals surface area contributed by atoms with Crippen LogP contribution in [0.4, 0.5) is 5.69 Å². The molecular formula is C27H29Cl2N3O5. The fourth-order valence-electron chi connectivity index (χ4n) is 3.86. The monoisotopic (exact) mass is 545 g/mol. The van der Waals surface area contributed by atoms with Gasteiger partial charge in [-0.15, -0.1) is 0 Å². The van der Waals surface area contributed by atoms with E-state index < -0.39 is 6.10 Å². The van der Waals surface area contributed by atoms with E-state index in [9.17, 15) is 24.9 Å². The SMILES string of the molecule is C[C@H](Cc1cccc(CC(=O)NCc2cc(Cl)cc(Cl)c2O)c1)NC[C@H](O)c1ccc(O)c(NC=O)c1. The molecule has 8 nitrogen and oxygen atoms in total. The lowest BCUT2D eigenvalue weighted by atomic mass is 10.0. The Hall–Kier alpha value is -3.30. The van der Waals surface area contributed by atoms with Gasteiger partial charge in [0, 0.05) is 29.7 Å². The second kappa shape index (κ2) is 13.3. The average molecular weight is 546 g/mol. The van der Waals surface area contributed by atoms with Crippen molar-refractivity contribution in [1.29, 1.82) is 0 Å². The highest BCUT2D eigenvalue weighted by Crippen LogP contribution is 2.31. The number of benzene rings is 3. The van der Waals surface area contributed by atoms with Gasteiger partial charge in [-0.2, -0.15) is 0 Å². The molecule has 0 aliphatic heterocycles. The number of carbonyl (C=O) groups excluding carboxylic acids is 2. The van der Waals surface area contributed by atoms with E-state index in [1.54, 1.807) is 12.1 Å². The molecule has 196 valence electrons. The smallest absolute Gasteiger partial charge is 0.224 e. The first kappa shape index (κ1) is 28.3. The number of aliphatic hydroxyl groups excluding tert-OH is 1. The molecule has 0 fully saturated rings. The summed E-state index contributed by atoms with van der Waals surface area (Å²) in [7, 11) is 0. The normalized spacial score (nSPS) is 12.5. The summed E-state index contributed by atoms with van der Waals surface area (Å²) in [6.07, 6.45) is 0.467. The van der Waals surface area contributed by atoms with Crippen molar-refractivity contribution in [2.75, 3.05) is 11.9 Å². The van der Waals surface area contributed by atoms with E-state index in [1.807, 2.05) is 31.2 Å². The minimum atomic E-state index is -0.834. The molecule has 2 atom stereocenters. The van der Waals surface area contributed by atoms with Gasteiger partial charge in [0.2, 0.25) is 12.3 Å². The number of nitrogens with one attached hydrogen (secondary N) is 3. The second-order valence-corrected chi connectivity index (χ2v) is 9.58. The van der Waals surface area contributed by atoms with Crippen LogP contribution in [0.5, 0.6) is 11.5 Å². The summed E-state index contributed by atoms with van der Waals surface area (Å²) < 4.78 is 0. The van der Waals surface area contributed by atoms with Crippen LogP contribution in [-0.4, -0.2) is 40.2 Å². The Labute approximate surface area is 225 Å². The molecule has 3 rings (SSSR count). The summed E-state index contributed by atoms with van der Waals surface area (Å²) >= 11 is 11.9. The van der Waals surface area contributed by atoms with Crippen LogP contribution in [0.1, 0.15) is 35.3 Å². The second-order valence-electron chi connectivity index (χ2n) is 8.74. The largest absolute Gasteiger partial charge is 0.506 e. The number of rotatable bonds is 12. The zero-order chi connectivity index (χ0) is 26.9. The Bertz CT molecular complexity index is 1250. The van der Waals surface area contributed by atoms with Crippen LogP contribution < -0.4 is 16.0 Å². The molecule has 0 saturated heterocycles. The van der Waals surface area contributed by atoms with Crippen molar-refractivity contribution >= 4 is 41.2 Å². The number of anilines is 1. The van der Waals surface area contributed by atoms with Crippen molar-refractivity contribution in [3.05, 3.63) is 86.9 Å². The number of aliphatic hydroxyl groups is 1. The number of phenols is 2. The van der Waals surface area contributed by atoms with Gasteiger partial charge < -0.3 is 31.3 Å². The van der Waals surface area contributed by atoms with Crippen LogP contribution in [0.25, 0.3) is 0 Å². The van der Waals surface area contributed by atoms with Gasteiger partial charge in [0.05, 0.1) is 23.2 Å². The zero-order valence-corrected chi connectivity index (χ0v) is 21.7. The highest BCUT2D eigenvalue weighted by Gasteiger charge is 2.14. The van der Waals surface area contributed by atoms with Crippen molar-refractivity contribution < 1.29 is 24.9 Å². The number of hydrogen-bond acceptors (Lipinski definition) is 6. The molecule has 0 bridgehead atoms. The van der Waals surface area contributed by atoms with E-state index in [4.69, 9.17) is 23.2 Å². The lowest BCUT2D eigenvalue weighted by molar-refractivity contribution is -0.120. The summed E-state index contributed by atoms with van der Waals surface area (Å²) in [4.78, 5) is 23.1. The average Bonchev–Trinajstić information content (AvgIpc) is 2.85. The van der Waals surface area contributed by atoms with E-state index in [1.165, 1.54) is 18.2 Å². The first-order chi connectivity index (χ1) is 17.7. The van der Waals surface area contributed by atoms with E-state index in [0.29, 0.717) is 29.0 Å². The van der Waals surface area contributed by atoms with Gasteiger partial charge in [-0.25, -0.2) is 0 Å². The molecule has 37 heavy (non-hydrogen) atoms. The fourth-order valence-corrected chi connectivity index (χ4v) is 4.39. The minimum Gasteiger partial charge on any atom is -0.506 e. The van der Waals surface area contributed by atoms with Gasteiger partial charge >= 0.3 is 0 Å². The molecule has 2 amide bonds. The maximum Gasteiger partial charge on any atom is 0.224 e. The molecule has 10 heteroatoms. The predicted molar refractivity (Wildman–Crippen MR) is 144 cm³/mol. The standard InChI is InChI=1S/C27H29Cl2N3O5/c1-16(30-14-25(35)19-5-6-24(34)23(11-19)32-15-33)7-17-3-2-4-18(8-17)9-26(36)31-13-20-10-21(28)12-22(29)27(20)37/h2-6,8,10-12,15-16,25,30,34-35,37H,7,9,13-14H2,1H3,(H,31,36)(H,32,33)/t16-,25+/m1/s1. The molecule has 0 spiro atoms. The van der Waals surface area contributed by atoms with E-state index >= 15 is 0 Å². The molecule has 0 aliphatic rings. The Morgan fingerprint density at radius 3 is 2.57 bits per heavy atom. The molecule has 0 aliphatic carbocycles. The third-order valence-corrected chi connectivity index (χ3v) is 6.27. The molecule has 0 heterocycles. The van der Waals surface area contributed by atoms with Gasteiger partial charge in [0.1, 0.15) is 11.5 Å². The number of hydrogen-bond donors (Lipinski definition) is 6. The molecule has 0 saturated carbocycles. The van der Waals surface area contributed by atoms with Crippen LogP contribution in [0.15, 0.2) is 54.6 Å². The maximum atomic E-state index is 12.5. The number of aromatic hydroxyl groups is 2. The van der Waals surface area contributed by atoms with Gasteiger partial charge in [0.25, 0.3) is 0 Å². The lowest BCUT2D eigenvalue weighted by Crippen LogP contribution is -2.32. The molecule has 0 aromatic heterocycles. The van der Waals surface area contributed by atoms with Crippen molar-refractivity contribution in [3.63, 3.8) is 0 Å². The lowest BCUT2D eigenvalue weighted by Gasteiger charge is -2.18. The summed E-state index contributed by atoms with van der Waals surface area (Å²) in [5.41, 5.74) is 3.10. The highest BCUT2D eigenvalue weighted by atomic mass is 35.5. The van der Waals surface area contributed by atoms with Gasteiger partial charge in [-0.3, -0.25) is 9.59 Å². The topological polar surface area (TPSA) is 131 Å². The van der Waals surface area contributed by atoms with Crippen molar-refractivity contribution in [2.24, 2.45) is 0 Å². The molecule has 0 radical (unpaired) electrons. The number of amides is 2. The van der Waals surface area contributed by atoms with Crippen LogP contribution >= 0.6 is 23.2 Å². The van der Waals surface area contributed by atoms with Crippen molar-refractivity contribution in [2.45, 2.75) is 38.5 Å². The summed E-state index contributed by atoms with van der Waals surface area (Å²) in [6.45, 7) is 2.36. The molecule has 3 aromatic rings. The number of carbonyl (C=O) groups is 2. The number of phenolic OH excluding ortho intramolecular Hbond substituents is 2. The van der Waals surface area contributed by atoms with Gasteiger partial charge in [0.15, 0.2) is 0 Å². The van der Waals surface area contributed by atoms with E-state index in [2.05, 4.69) is 16.0 Å². The summed E-state index contributed by atoms with van der Waals surface area (Å²) in [5, 5.41) is 39.3. The fraction of sp³-hybridized carbons (Fsp3) is 0.259. The highest BCUT2D eigenvalue weighted by molar-refractivity contribution is 6.35. The third-order valence-electron chi connectivity index (χ3n) is 5.76. The summed E-state index contributed by atoms with van der Waals surface area (Å²) in [6, 6.07) is 15.2. The zero-order valence-electron chi connectivity index (χ0n) is 20.2. The van der Waals surface area contributed by atoms with Crippen LogP contribution in [0.3, 0.4) is 0 Å². The Balaban J connectivity index is 1.50. The van der Waals surface area contributed by atoms with Crippen LogP contribution in [0, 0.1) is 0 Å². The molecule has 6 N–H and O–H groups in total. The first-order valence-corrected chi connectivity index (χ1v) is 12.4. The van der Waals surface area contributed by atoms with Gasteiger partial charge in [-0.1, -0.05) is 53.5 Å². The molecule has 3 aromatic carbocycles. The predicted octanol–water partition coefficient (Wildman–Crippen LogP) is 4.09. The van der Waals surface area contributed by atoms with E-state index in [0.717, 1.165) is 11.1 Å². The summed E-state index contributed by atoms with van der Waals surface area (Å²) in [5.74, 6) is -0.396. The minimum absolute atomic E-state index is 0.0268. The van der Waals surface area contributed by atoms with Crippen LogP contribution in [-0.2, 0) is 29.0 Å². The van der Waals surface area contributed by atoms with Gasteiger partial charge in [-0.05, 0) is 54.3 Å². The third kappa shape index (κ3) is 8.36. The number of halogens is 2. The Morgan fingerprint density at radius 1 is 1.05 bits per heavy atom. The van der Waals surface area contributed by atoms with Crippen LogP contribution in [0.2, 0.25) is 10.0 Å². The quantitative estimate of drug-likeness (QED) is 0.150. The molecular weight excluding hydrogens is 517 g/mol. The first-order valence-electron chi connectivity index (χ1n) is 11.6. The van der Waals surface area contributed by atoms with E-state index in [-0.39, 0.29) is 53.7 Å². The van der Waals surface area contributed by atoms with Crippen molar-refractivity contribution in [3.8, 4) is 11.5 Å². The maximum absolute atomic E-state index is 12.5. The Kier molecular flexibility index (Phi) is 10.2. The van der Waals surface area contributed by atoms with Crippen molar-refractivity contribution in [1.82, 2.24) is 10.6 Å².